The molecule has 0 aliphatic rings. The van der Waals surface area contributed by atoms with Crippen LogP contribution in [0.5, 0.6) is 0 Å². The van der Waals surface area contributed by atoms with Crippen LogP contribution in [0.4, 0.5) is 0 Å². The number of rotatable bonds is 7. The van der Waals surface area contributed by atoms with Gasteiger partial charge in [-0.2, -0.15) is 0 Å². The van der Waals surface area contributed by atoms with E-state index in [1.54, 1.807) is 0 Å². The second-order valence-corrected chi connectivity index (χ2v) is 28.7. The molecule has 0 N–H and O–H groups in total. The molecule has 18 aromatic rings. The van der Waals surface area contributed by atoms with Gasteiger partial charge in [0.2, 0.25) is 0 Å². The average Bonchev–Trinajstić information content (AvgIpc) is 1.59. The van der Waals surface area contributed by atoms with Crippen molar-refractivity contribution < 1.29 is 0 Å². The fourth-order valence-electron chi connectivity index (χ4n) is 13.3. The number of fused-ring (bicyclic) bond motifs is 9. The first-order chi connectivity index (χ1) is 49.3. The zero-order valence-electron chi connectivity index (χ0n) is 54.0. The van der Waals surface area contributed by atoms with Crippen LogP contribution in [-0.2, 0) is 0 Å². The zero-order valence-corrected chi connectivity index (χ0v) is 60.1. The molecule has 2 nitrogen and oxygen atoms in total. The Hall–Kier alpha value is -11.1. The molecule has 0 atom stereocenters. The van der Waals surface area contributed by atoms with Crippen LogP contribution in [0.2, 0.25) is 0 Å². The summed E-state index contributed by atoms with van der Waals surface area (Å²) in [6, 6.07) is 127. The van der Waals surface area contributed by atoms with Gasteiger partial charge in [-0.25, -0.2) is 0 Å². The van der Waals surface area contributed by atoms with Crippen molar-refractivity contribution in [1.82, 2.24) is 9.13 Å². The summed E-state index contributed by atoms with van der Waals surface area (Å²) in [7, 11) is 0. The fraction of sp³-hybridized carbons (Fsp3) is 0. The summed E-state index contributed by atoms with van der Waals surface area (Å²) in [5, 5.41) is 7.47. The Kier molecular flexibility index (Phi) is 18.3. The Labute approximate surface area is 616 Å². The topological polar surface area (TPSA) is 9.86 Å². The molecule has 6 heteroatoms. The smallest absolute Gasteiger partial charge is 0.0541 e. The zero-order chi connectivity index (χ0) is 67.3. The van der Waals surface area contributed by atoms with Gasteiger partial charge in [0.1, 0.15) is 0 Å². The molecule has 0 saturated carbocycles. The van der Waals surface area contributed by atoms with E-state index in [1.807, 2.05) is 47.7 Å². The van der Waals surface area contributed by atoms with Crippen LogP contribution in [0, 0.1) is 27.3 Å². The van der Waals surface area contributed by atoms with E-state index in [1.165, 1.54) is 117 Å². The third kappa shape index (κ3) is 13.6. The molecule has 0 radical (unpaired) electrons. The van der Waals surface area contributed by atoms with Crippen molar-refractivity contribution in [2.45, 2.75) is 0 Å². The van der Waals surface area contributed by atoms with E-state index in [-0.39, 0.29) is 0 Å². The van der Waals surface area contributed by atoms with Crippen molar-refractivity contribution >= 4 is 130 Å². The molecule has 0 spiro atoms. The Morgan fingerprint density at radius 1 is 0.230 bits per heavy atom. The van der Waals surface area contributed by atoms with Gasteiger partial charge in [-0.1, -0.05) is 268 Å². The van der Waals surface area contributed by atoms with Crippen LogP contribution in [-0.4, -0.2) is 9.13 Å². The number of thiophene rings is 1. The summed E-state index contributed by atoms with van der Waals surface area (Å²) >= 11 is 11.0. The molecular formula is C94H59Br2IN2S. The minimum atomic E-state index is 0.989. The molecule has 3 heterocycles. The molecule has 0 aliphatic heterocycles. The van der Waals surface area contributed by atoms with Crippen molar-refractivity contribution in [3.8, 4) is 90.7 Å². The molecule has 0 amide bonds. The number of halogens is 3. The van der Waals surface area contributed by atoms with Crippen molar-refractivity contribution in [3.63, 3.8) is 0 Å². The van der Waals surface area contributed by atoms with Gasteiger partial charge in [-0.15, -0.1) is 11.3 Å². The van der Waals surface area contributed by atoms with E-state index in [9.17, 15) is 0 Å². The molecule has 3 aromatic heterocycles. The maximum absolute atomic E-state index is 3.54. The maximum Gasteiger partial charge on any atom is 0.0541 e. The molecule has 15 aromatic carbocycles. The summed E-state index contributed by atoms with van der Waals surface area (Å²) in [6.45, 7) is 0. The molecule has 0 saturated heterocycles. The number of hydrogen-bond donors (Lipinski definition) is 0. The van der Waals surface area contributed by atoms with Gasteiger partial charge in [-0.3, -0.25) is 0 Å². The lowest BCUT2D eigenvalue weighted by Crippen LogP contribution is -1.96. The van der Waals surface area contributed by atoms with Crippen LogP contribution in [0.3, 0.4) is 0 Å². The van der Waals surface area contributed by atoms with E-state index in [0.717, 1.165) is 48.1 Å². The van der Waals surface area contributed by atoms with Crippen LogP contribution in [0.15, 0.2) is 367 Å². The van der Waals surface area contributed by atoms with Crippen LogP contribution in [0.1, 0.15) is 22.3 Å². The lowest BCUT2D eigenvalue weighted by atomic mass is 9.98. The quantitative estimate of drug-likeness (QED) is 0.111. The normalized spacial score (nSPS) is 11.0. The highest BCUT2D eigenvalue weighted by atomic mass is 127. The first-order valence-electron chi connectivity index (χ1n) is 33.1. The minimum Gasteiger partial charge on any atom is -0.309 e. The number of aromatic nitrogens is 2. The molecule has 100 heavy (non-hydrogen) atoms. The third-order valence-corrected chi connectivity index (χ3v) is 20.8. The number of nitrogens with zero attached hydrogens (tertiary/aromatic N) is 2. The van der Waals surface area contributed by atoms with Crippen molar-refractivity contribution in [2.24, 2.45) is 0 Å². The fourth-order valence-corrected chi connectivity index (χ4v) is 16.2. The third-order valence-electron chi connectivity index (χ3n) is 18.0. The molecular weight excluding hydrogens is 1480 g/mol. The van der Waals surface area contributed by atoms with E-state index >= 15 is 0 Å². The Bertz CT molecular complexity index is 6070. The van der Waals surface area contributed by atoms with Gasteiger partial charge in [0.05, 0.1) is 22.1 Å². The molecule has 0 unspecified atom stereocenters. The van der Waals surface area contributed by atoms with Gasteiger partial charge >= 0.3 is 0 Å². The predicted octanol–water partition coefficient (Wildman–Crippen LogP) is 26.9. The maximum atomic E-state index is 3.54. The van der Waals surface area contributed by atoms with Crippen molar-refractivity contribution in [2.75, 3.05) is 0 Å². The summed E-state index contributed by atoms with van der Waals surface area (Å²) in [4.78, 5) is 0. The van der Waals surface area contributed by atoms with Gasteiger partial charge < -0.3 is 9.13 Å². The van der Waals surface area contributed by atoms with Gasteiger partial charge in [0.25, 0.3) is 0 Å². The van der Waals surface area contributed by atoms with Crippen LogP contribution >= 0.6 is 65.8 Å². The first kappa shape index (κ1) is 63.7. The van der Waals surface area contributed by atoms with E-state index < -0.39 is 0 Å². The van der Waals surface area contributed by atoms with E-state index in [4.69, 9.17) is 0 Å². The summed E-state index contributed by atoms with van der Waals surface area (Å²) in [6.07, 6.45) is 0. The summed E-state index contributed by atoms with van der Waals surface area (Å²) in [5.74, 6) is 13.7. The highest BCUT2D eigenvalue weighted by Gasteiger charge is 2.18. The summed E-state index contributed by atoms with van der Waals surface area (Å²) in [5.41, 5.74) is 22.9. The van der Waals surface area contributed by atoms with Crippen LogP contribution < -0.4 is 0 Å². The van der Waals surface area contributed by atoms with E-state index in [0.29, 0.717) is 0 Å². The second kappa shape index (κ2) is 28.8. The minimum absolute atomic E-state index is 0.989. The Balaban J connectivity index is 0.000000144. The number of benzene rings is 15. The molecule has 18 rings (SSSR count). The lowest BCUT2D eigenvalue weighted by Gasteiger charge is -2.14. The van der Waals surface area contributed by atoms with Crippen molar-refractivity contribution in [1.29, 1.82) is 0 Å². The molecule has 472 valence electrons. The lowest BCUT2D eigenvalue weighted by molar-refractivity contribution is 1.18. The molecule has 0 bridgehead atoms. The van der Waals surface area contributed by atoms with Gasteiger partial charge in [-0.05, 0) is 224 Å². The van der Waals surface area contributed by atoms with E-state index in [2.05, 4.69) is 409 Å². The van der Waals surface area contributed by atoms with Crippen LogP contribution in [0.25, 0.3) is 131 Å². The van der Waals surface area contributed by atoms with Gasteiger partial charge in [0, 0.05) is 87.9 Å². The molecule has 0 fully saturated rings. The SMILES string of the molecule is Brc1cccc(C#Cc2ccc3c(c2)c2ccccc2n3-c2cc(-c3ccccc3)cc(-c3ccccc3)c2)c1.Brc1cccc(I)c1.C(#Cc1ccc2c(c1)c1ccccc1n2-c1cc(-c2ccccc2)cc(-c2ccccc2)c1)c1cccc(-c2ccc3c(c2)sc2ccccc23)c1. The Morgan fingerprint density at radius 3 is 1.06 bits per heavy atom. The number of para-hydroxylation sites is 2. The highest BCUT2D eigenvalue weighted by Crippen LogP contribution is 2.41. The average molecular weight is 1540 g/mol. The highest BCUT2D eigenvalue weighted by molar-refractivity contribution is 14.1. The monoisotopic (exact) mass is 1530 g/mol. The Morgan fingerprint density at radius 2 is 0.600 bits per heavy atom. The molecule has 0 aliphatic carbocycles. The second-order valence-electron chi connectivity index (χ2n) is 24.5. The van der Waals surface area contributed by atoms with Gasteiger partial charge in [0.15, 0.2) is 0 Å². The largest absolute Gasteiger partial charge is 0.309 e. The standard InChI is InChI=1S/C50H31NS.C38H24BrN.C6H4BrI/c1-3-13-36(14-4-1)40-30-41(37-15-5-2-6-16-37)32-42(31-40)51-47-20-9-7-18-43(47)46-29-35(24-27-48(46)51)23-22-34-12-11-17-38(28-34)39-25-26-45-44-19-8-10-21-49(44)52-50(45)33-39;39-33-15-9-10-27(22-33)18-19-28-20-21-38-36(23-28)35-16-7-8-17-37(35)40(38)34-25-31(29-11-3-1-4-12-29)24-32(26-34)30-13-5-2-6-14-30;7-5-2-1-3-6(8)4-5/h1-21,24-33H;1-17,20-26H;1-4H. The first-order valence-corrected chi connectivity index (χ1v) is 36.6. The number of hydrogen-bond acceptors (Lipinski definition) is 1. The summed E-state index contributed by atoms with van der Waals surface area (Å²) < 4.78 is 10.9. The van der Waals surface area contributed by atoms with Crippen molar-refractivity contribution in [3.05, 3.63) is 393 Å². The predicted molar refractivity (Wildman–Crippen MR) is 441 cm³/mol.